The van der Waals surface area contributed by atoms with Crippen LogP contribution in [0.25, 0.3) is 0 Å². The summed E-state index contributed by atoms with van der Waals surface area (Å²) in [7, 11) is 0. The van der Waals surface area contributed by atoms with Crippen molar-refractivity contribution in [3.8, 4) is 0 Å². The van der Waals surface area contributed by atoms with E-state index in [1.165, 1.54) is 12.1 Å². The quantitative estimate of drug-likeness (QED) is 0.301. The number of nitro groups is 1. The Hall–Kier alpha value is -2.75. The van der Waals surface area contributed by atoms with Crippen LogP contribution in [-0.2, 0) is 0 Å². The molecule has 1 N–H and O–H groups in total. The summed E-state index contributed by atoms with van der Waals surface area (Å²) in [6.45, 7) is 0. The van der Waals surface area contributed by atoms with Gasteiger partial charge in [-0.3, -0.25) is 15.5 Å². The number of hydrogen-bond acceptors (Lipinski definition) is 5. The van der Waals surface area contributed by atoms with E-state index in [4.69, 9.17) is 11.6 Å². The van der Waals surface area contributed by atoms with Crippen LogP contribution in [0, 0.1) is 33.6 Å². The zero-order chi connectivity index (χ0) is 17.1. The number of nitro benzene ring substituents is 1. The second-order valence-corrected chi connectivity index (χ2v) is 4.44. The molecule has 0 saturated carbocycles. The Morgan fingerprint density at radius 3 is 2.39 bits per heavy atom. The highest BCUT2D eigenvalue weighted by atomic mass is 35.5. The largest absolute Gasteiger partial charge is 0.288 e. The van der Waals surface area contributed by atoms with Gasteiger partial charge in [0.1, 0.15) is 10.7 Å². The number of pyridine rings is 1. The molecule has 0 aliphatic rings. The van der Waals surface area contributed by atoms with Crippen LogP contribution in [0.3, 0.4) is 0 Å². The van der Waals surface area contributed by atoms with Crippen molar-refractivity contribution in [1.82, 2.24) is 4.98 Å². The second kappa shape index (κ2) is 6.57. The van der Waals surface area contributed by atoms with E-state index in [2.05, 4.69) is 10.1 Å². The summed E-state index contributed by atoms with van der Waals surface area (Å²) in [5.74, 6) is -7.21. The number of hydrazone groups is 1. The molecule has 120 valence electrons. The molecule has 0 atom stereocenters. The molecule has 0 fully saturated rings. The molecule has 1 aromatic heterocycles. The van der Waals surface area contributed by atoms with Crippen molar-refractivity contribution in [2.45, 2.75) is 0 Å². The van der Waals surface area contributed by atoms with Gasteiger partial charge in [0.25, 0.3) is 17.6 Å². The Labute approximate surface area is 130 Å². The minimum Gasteiger partial charge on any atom is -0.272 e. The number of nitrogens with one attached hydrogen (secondary N) is 1. The molecule has 0 saturated heterocycles. The average Bonchev–Trinajstić information content (AvgIpc) is 2.50. The van der Waals surface area contributed by atoms with Crippen LogP contribution in [-0.4, -0.2) is 16.1 Å². The first-order valence-corrected chi connectivity index (χ1v) is 6.12. The van der Waals surface area contributed by atoms with E-state index in [-0.39, 0.29) is 10.6 Å². The van der Waals surface area contributed by atoms with E-state index in [1.807, 2.05) is 0 Å². The third-order valence-electron chi connectivity index (χ3n) is 2.55. The fourth-order valence-electron chi connectivity index (χ4n) is 1.51. The summed E-state index contributed by atoms with van der Waals surface area (Å²) in [5.41, 5.74) is 0.334. The topological polar surface area (TPSA) is 80.4 Å². The van der Waals surface area contributed by atoms with Crippen LogP contribution in [0.2, 0.25) is 5.02 Å². The number of benzene rings is 1. The van der Waals surface area contributed by atoms with E-state index in [0.29, 0.717) is 0 Å². The van der Waals surface area contributed by atoms with E-state index in [1.54, 1.807) is 5.43 Å². The van der Waals surface area contributed by atoms with Crippen LogP contribution in [0.15, 0.2) is 23.3 Å². The summed E-state index contributed by atoms with van der Waals surface area (Å²) in [6.07, 6.45) is 0.943. The van der Waals surface area contributed by atoms with Gasteiger partial charge in [0.05, 0.1) is 11.1 Å². The van der Waals surface area contributed by atoms with Crippen molar-refractivity contribution in [3.63, 3.8) is 0 Å². The van der Waals surface area contributed by atoms with Crippen LogP contribution >= 0.6 is 11.6 Å². The summed E-state index contributed by atoms with van der Waals surface area (Å²) in [4.78, 5) is 12.3. The first kappa shape index (κ1) is 16.6. The van der Waals surface area contributed by atoms with Crippen LogP contribution in [0.4, 0.5) is 28.9 Å². The average molecular weight is 349 g/mol. The van der Waals surface area contributed by atoms with E-state index in [0.717, 1.165) is 12.3 Å². The number of rotatable bonds is 4. The molecule has 6 nitrogen and oxygen atoms in total. The lowest BCUT2D eigenvalue weighted by atomic mass is 10.2. The summed E-state index contributed by atoms with van der Waals surface area (Å²) < 4.78 is 52.4. The van der Waals surface area contributed by atoms with Crippen molar-refractivity contribution in [3.05, 3.63) is 62.4 Å². The fourth-order valence-corrected chi connectivity index (χ4v) is 1.69. The molecule has 0 aliphatic heterocycles. The minimum absolute atomic E-state index is 0.115. The summed E-state index contributed by atoms with van der Waals surface area (Å²) in [5, 5.41) is 14.0. The lowest BCUT2D eigenvalue weighted by molar-refractivity contribution is -0.384. The highest BCUT2D eigenvalue weighted by molar-refractivity contribution is 6.32. The van der Waals surface area contributed by atoms with Gasteiger partial charge in [-0.15, -0.1) is 0 Å². The number of nitrogens with zero attached hydrogens (tertiary/aromatic N) is 3. The lowest BCUT2D eigenvalue weighted by Gasteiger charge is -2.04. The van der Waals surface area contributed by atoms with Crippen LogP contribution in [0.5, 0.6) is 0 Å². The molecule has 1 heterocycles. The monoisotopic (exact) mass is 348 g/mol. The van der Waals surface area contributed by atoms with Gasteiger partial charge in [0.15, 0.2) is 0 Å². The number of hydrogen-bond donors (Lipinski definition) is 1. The number of anilines is 1. The Bertz CT molecular complexity index is 790. The highest BCUT2D eigenvalue weighted by Crippen LogP contribution is 2.25. The Balaban J connectivity index is 2.27. The summed E-state index contributed by atoms with van der Waals surface area (Å²) >= 11 is 5.61. The van der Waals surface area contributed by atoms with Gasteiger partial charge in [-0.2, -0.15) is 27.6 Å². The molecule has 0 spiro atoms. The van der Waals surface area contributed by atoms with Gasteiger partial charge in [0, 0.05) is 11.6 Å². The maximum atomic E-state index is 13.3. The second-order valence-electron chi connectivity index (χ2n) is 4.03. The SMILES string of the molecule is O=[N+]([O-])c1cc(/C=N/Nc2c(F)c(F)nc(F)c2F)ccc1Cl. The molecule has 2 rings (SSSR count). The zero-order valence-corrected chi connectivity index (χ0v) is 11.6. The zero-order valence-electron chi connectivity index (χ0n) is 10.9. The number of halogens is 5. The molecular formula is C12H5ClF4N4O2. The Morgan fingerprint density at radius 2 is 1.83 bits per heavy atom. The molecule has 0 aliphatic carbocycles. The van der Waals surface area contributed by atoms with Crippen molar-refractivity contribution < 1.29 is 22.5 Å². The van der Waals surface area contributed by atoms with Gasteiger partial charge in [-0.25, -0.2) is 0 Å². The van der Waals surface area contributed by atoms with E-state index < -0.39 is 39.8 Å². The number of aromatic nitrogens is 1. The summed E-state index contributed by atoms with van der Waals surface area (Å²) in [6, 6.07) is 3.60. The van der Waals surface area contributed by atoms with Crippen molar-refractivity contribution in [2.75, 3.05) is 5.43 Å². The molecular weight excluding hydrogens is 344 g/mol. The molecule has 23 heavy (non-hydrogen) atoms. The predicted octanol–water partition coefficient (Wildman–Crippen LogP) is 3.65. The van der Waals surface area contributed by atoms with Crippen LogP contribution < -0.4 is 5.43 Å². The first-order chi connectivity index (χ1) is 10.8. The Morgan fingerprint density at radius 1 is 1.22 bits per heavy atom. The fraction of sp³-hybridized carbons (Fsp3) is 0. The van der Waals surface area contributed by atoms with Gasteiger partial charge >= 0.3 is 0 Å². The smallest absolute Gasteiger partial charge is 0.272 e. The standard InChI is InChI=1S/C12H5ClF4N4O2/c13-6-2-1-5(3-7(6)21(22)23)4-18-20-10-8(14)11(16)19-12(17)9(10)15/h1-4H,(H,19,20)/b18-4+. The highest BCUT2D eigenvalue weighted by Gasteiger charge is 2.20. The van der Waals surface area contributed by atoms with Crippen molar-refractivity contribution in [2.24, 2.45) is 5.10 Å². The molecule has 0 unspecified atom stereocenters. The van der Waals surface area contributed by atoms with Crippen molar-refractivity contribution >= 4 is 29.2 Å². The third-order valence-corrected chi connectivity index (χ3v) is 2.87. The van der Waals surface area contributed by atoms with Gasteiger partial charge in [-0.05, 0) is 6.07 Å². The molecule has 2 aromatic rings. The first-order valence-electron chi connectivity index (χ1n) is 5.74. The Kier molecular flexibility index (Phi) is 4.74. The maximum absolute atomic E-state index is 13.3. The lowest BCUT2D eigenvalue weighted by Crippen LogP contribution is -2.05. The van der Waals surface area contributed by atoms with Gasteiger partial charge < -0.3 is 0 Å². The molecule has 0 amide bonds. The van der Waals surface area contributed by atoms with E-state index >= 15 is 0 Å². The maximum Gasteiger partial charge on any atom is 0.288 e. The molecule has 1 aromatic carbocycles. The van der Waals surface area contributed by atoms with Gasteiger partial charge in [-0.1, -0.05) is 17.7 Å². The van der Waals surface area contributed by atoms with Crippen LogP contribution in [0.1, 0.15) is 5.56 Å². The molecule has 11 heteroatoms. The molecule has 0 radical (unpaired) electrons. The van der Waals surface area contributed by atoms with Crippen molar-refractivity contribution in [1.29, 1.82) is 0 Å². The third kappa shape index (κ3) is 3.54. The van der Waals surface area contributed by atoms with Gasteiger partial charge in [0.2, 0.25) is 11.6 Å². The predicted molar refractivity (Wildman–Crippen MR) is 73.4 cm³/mol. The molecule has 0 bridgehead atoms. The normalized spacial score (nSPS) is 11.0. The van der Waals surface area contributed by atoms with E-state index in [9.17, 15) is 27.7 Å². The minimum atomic E-state index is -1.84.